The molecular formula is C15H22O3. The molecule has 1 aromatic rings. The number of carbonyl (C=O) groups excluding carboxylic acids is 1. The molecule has 3 nitrogen and oxygen atoms in total. The Bertz CT molecular complexity index is 442. The molecule has 100 valence electrons. The Labute approximate surface area is 109 Å². The van der Waals surface area contributed by atoms with Crippen LogP contribution in [-0.2, 0) is 10.2 Å². The van der Waals surface area contributed by atoms with E-state index >= 15 is 0 Å². The summed E-state index contributed by atoms with van der Waals surface area (Å²) in [5.41, 5.74) is 1.32. The van der Waals surface area contributed by atoms with Gasteiger partial charge in [0.15, 0.2) is 0 Å². The molecule has 0 unspecified atom stereocenters. The van der Waals surface area contributed by atoms with Crippen LogP contribution >= 0.6 is 0 Å². The maximum Gasteiger partial charge on any atom is 0.311 e. The average molecular weight is 250 g/mol. The van der Waals surface area contributed by atoms with Crippen LogP contribution in [0.5, 0.6) is 11.5 Å². The van der Waals surface area contributed by atoms with E-state index in [4.69, 9.17) is 4.74 Å². The first-order chi connectivity index (χ1) is 8.25. The highest BCUT2D eigenvalue weighted by Gasteiger charge is 2.21. The summed E-state index contributed by atoms with van der Waals surface area (Å²) in [6, 6.07) is 3.44. The Morgan fingerprint density at radius 3 is 2.44 bits per heavy atom. The number of phenolic OH excluding ortho intramolecular Hbond substituents is 1. The van der Waals surface area contributed by atoms with Crippen molar-refractivity contribution in [2.75, 3.05) is 0 Å². The number of benzene rings is 1. The van der Waals surface area contributed by atoms with Gasteiger partial charge in [0.25, 0.3) is 0 Å². The molecule has 0 aromatic heterocycles. The van der Waals surface area contributed by atoms with Crippen LogP contribution in [0.25, 0.3) is 0 Å². The van der Waals surface area contributed by atoms with Crippen molar-refractivity contribution in [2.24, 2.45) is 0 Å². The lowest BCUT2D eigenvalue weighted by molar-refractivity contribution is -0.134. The first-order valence-electron chi connectivity index (χ1n) is 6.30. The molecule has 0 radical (unpaired) electrons. The van der Waals surface area contributed by atoms with Gasteiger partial charge in [-0.05, 0) is 36.5 Å². The van der Waals surface area contributed by atoms with Crippen molar-refractivity contribution < 1.29 is 14.6 Å². The summed E-state index contributed by atoms with van der Waals surface area (Å²) in [5.74, 6) is 0.550. The minimum Gasteiger partial charge on any atom is -0.507 e. The molecule has 0 aliphatic heterocycles. The predicted octanol–water partition coefficient (Wildman–Crippen LogP) is 3.70. The lowest BCUT2D eigenvalue weighted by Crippen LogP contribution is -2.13. The fourth-order valence-electron chi connectivity index (χ4n) is 1.76. The summed E-state index contributed by atoms with van der Waals surface area (Å²) in [6.07, 6.45) is 1.17. The van der Waals surface area contributed by atoms with Crippen LogP contribution in [0.3, 0.4) is 0 Å². The Hall–Kier alpha value is -1.51. The summed E-state index contributed by atoms with van der Waals surface area (Å²) >= 11 is 0. The van der Waals surface area contributed by atoms with E-state index in [1.807, 2.05) is 34.6 Å². The van der Waals surface area contributed by atoms with Crippen molar-refractivity contribution in [2.45, 2.75) is 52.9 Å². The van der Waals surface area contributed by atoms with Crippen molar-refractivity contribution in [3.05, 3.63) is 23.3 Å². The minimum absolute atomic E-state index is 0.192. The summed E-state index contributed by atoms with van der Waals surface area (Å²) in [6.45, 7) is 9.78. The van der Waals surface area contributed by atoms with Crippen LogP contribution in [0, 0.1) is 6.92 Å². The number of esters is 1. The first-order valence-corrected chi connectivity index (χ1v) is 6.30. The normalized spacial score (nSPS) is 11.4. The SMILES string of the molecule is CCCC(=O)Oc1cc(C)c(O)c(C(C)(C)C)c1. The van der Waals surface area contributed by atoms with E-state index in [-0.39, 0.29) is 17.1 Å². The summed E-state index contributed by atoms with van der Waals surface area (Å²) in [7, 11) is 0. The molecule has 0 bridgehead atoms. The molecule has 1 aromatic carbocycles. The second-order valence-corrected chi connectivity index (χ2v) is 5.61. The van der Waals surface area contributed by atoms with Crippen molar-refractivity contribution in [3.8, 4) is 11.5 Å². The topological polar surface area (TPSA) is 46.5 Å². The van der Waals surface area contributed by atoms with Crippen LogP contribution in [0.15, 0.2) is 12.1 Å². The van der Waals surface area contributed by atoms with Crippen molar-refractivity contribution in [3.63, 3.8) is 0 Å². The molecule has 0 spiro atoms. The summed E-state index contributed by atoms with van der Waals surface area (Å²) < 4.78 is 5.28. The average Bonchev–Trinajstić information content (AvgIpc) is 2.21. The Morgan fingerprint density at radius 2 is 1.94 bits per heavy atom. The van der Waals surface area contributed by atoms with Crippen molar-refractivity contribution in [1.29, 1.82) is 0 Å². The van der Waals surface area contributed by atoms with E-state index in [0.29, 0.717) is 12.2 Å². The molecule has 1 rings (SSSR count). The quantitative estimate of drug-likeness (QED) is 0.657. The van der Waals surface area contributed by atoms with Crippen LogP contribution in [-0.4, -0.2) is 11.1 Å². The fourth-order valence-corrected chi connectivity index (χ4v) is 1.76. The van der Waals surface area contributed by atoms with E-state index in [1.54, 1.807) is 12.1 Å². The smallest absolute Gasteiger partial charge is 0.311 e. The van der Waals surface area contributed by atoms with Gasteiger partial charge in [-0.25, -0.2) is 0 Å². The number of phenols is 1. The van der Waals surface area contributed by atoms with Gasteiger partial charge < -0.3 is 9.84 Å². The van der Waals surface area contributed by atoms with Gasteiger partial charge in [0.1, 0.15) is 11.5 Å². The zero-order valence-electron chi connectivity index (χ0n) is 11.8. The molecule has 0 atom stereocenters. The molecule has 18 heavy (non-hydrogen) atoms. The Kier molecular flexibility index (Phi) is 4.38. The molecule has 0 aliphatic rings. The minimum atomic E-state index is -0.234. The largest absolute Gasteiger partial charge is 0.507 e. The molecular weight excluding hydrogens is 228 g/mol. The first kappa shape index (κ1) is 14.6. The van der Waals surface area contributed by atoms with Gasteiger partial charge in [0.2, 0.25) is 0 Å². The van der Waals surface area contributed by atoms with Gasteiger partial charge in [-0.2, -0.15) is 0 Å². The molecule has 0 saturated heterocycles. The monoisotopic (exact) mass is 250 g/mol. The van der Waals surface area contributed by atoms with Crippen LogP contribution < -0.4 is 4.74 Å². The maximum atomic E-state index is 11.5. The molecule has 0 amide bonds. The van der Waals surface area contributed by atoms with Gasteiger partial charge in [-0.15, -0.1) is 0 Å². The van der Waals surface area contributed by atoms with Gasteiger partial charge in [0, 0.05) is 12.0 Å². The van der Waals surface area contributed by atoms with E-state index in [0.717, 1.165) is 17.5 Å². The second-order valence-electron chi connectivity index (χ2n) is 5.61. The van der Waals surface area contributed by atoms with E-state index in [1.165, 1.54) is 0 Å². The zero-order valence-corrected chi connectivity index (χ0v) is 11.8. The highest BCUT2D eigenvalue weighted by Crippen LogP contribution is 2.36. The van der Waals surface area contributed by atoms with Gasteiger partial charge in [-0.1, -0.05) is 27.7 Å². The standard InChI is InChI=1S/C15H22O3/c1-6-7-13(16)18-11-8-10(2)14(17)12(9-11)15(3,4)5/h8-9,17H,6-7H2,1-5H3. The highest BCUT2D eigenvalue weighted by atomic mass is 16.5. The number of hydrogen-bond donors (Lipinski definition) is 1. The number of ether oxygens (including phenoxy) is 1. The molecule has 1 N–H and O–H groups in total. The number of rotatable bonds is 3. The number of aromatic hydroxyl groups is 1. The molecule has 0 fully saturated rings. The number of hydrogen-bond acceptors (Lipinski definition) is 3. The molecule has 0 saturated carbocycles. The van der Waals surface area contributed by atoms with Gasteiger partial charge >= 0.3 is 5.97 Å². The lowest BCUT2D eigenvalue weighted by atomic mass is 9.85. The predicted molar refractivity (Wildman–Crippen MR) is 72.1 cm³/mol. The molecule has 0 aliphatic carbocycles. The maximum absolute atomic E-state index is 11.5. The number of carbonyl (C=O) groups is 1. The molecule has 0 heterocycles. The van der Waals surface area contributed by atoms with E-state index < -0.39 is 0 Å². The third-order valence-electron chi connectivity index (χ3n) is 2.77. The Balaban J connectivity index is 3.09. The van der Waals surface area contributed by atoms with Gasteiger partial charge in [0.05, 0.1) is 0 Å². The lowest BCUT2D eigenvalue weighted by Gasteiger charge is -2.22. The van der Waals surface area contributed by atoms with Crippen molar-refractivity contribution in [1.82, 2.24) is 0 Å². The fraction of sp³-hybridized carbons (Fsp3) is 0.533. The van der Waals surface area contributed by atoms with Gasteiger partial charge in [-0.3, -0.25) is 4.79 Å². The van der Waals surface area contributed by atoms with E-state index in [2.05, 4.69) is 0 Å². The zero-order chi connectivity index (χ0) is 13.9. The summed E-state index contributed by atoms with van der Waals surface area (Å²) in [5, 5.41) is 10.1. The second kappa shape index (κ2) is 5.42. The highest BCUT2D eigenvalue weighted by molar-refractivity contribution is 5.72. The Morgan fingerprint density at radius 1 is 1.33 bits per heavy atom. The van der Waals surface area contributed by atoms with Crippen LogP contribution in [0.2, 0.25) is 0 Å². The number of aryl methyl sites for hydroxylation is 1. The van der Waals surface area contributed by atoms with Crippen LogP contribution in [0.4, 0.5) is 0 Å². The van der Waals surface area contributed by atoms with Crippen molar-refractivity contribution >= 4 is 5.97 Å². The van der Waals surface area contributed by atoms with Crippen LogP contribution in [0.1, 0.15) is 51.7 Å². The third kappa shape index (κ3) is 3.49. The van der Waals surface area contributed by atoms with E-state index in [9.17, 15) is 9.90 Å². The third-order valence-corrected chi connectivity index (χ3v) is 2.77. The summed E-state index contributed by atoms with van der Waals surface area (Å²) in [4.78, 5) is 11.5. The molecule has 3 heteroatoms.